The summed E-state index contributed by atoms with van der Waals surface area (Å²) in [7, 11) is 0. The van der Waals surface area contributed by atoms with Crippen molar-refractivity contribution in [2.45, 2.75) is 25.3 Å². The van der Waals surface area contributed by atoms with Crippen molar-refractivity contribution in [1.29, 1.82) is 0 Å². The normalized spacial score (nSPS) is 26.1. The lowest BCUT2D eigenvalue weighted by atomic mass is 10.1. The zero-order valence-corrected chi connectivity index (χ0v) is 10.2. The minimum atomic E-state index is 0.571. The lowest BCUT2D eigenvalue weighted by molar-refractivity contribution is 0.551. The van der Waals surface area contributed by atoms with E-state index < -0.39 is 0 Å². The summed E-state index contributed by atoms with van der Waals surface area (Å²) in [4.78, 5) is 11.6. The molecule has 0 amide bonds. The van der Waals surface area contributed by atoms with Crippen LogP contribution in [0.2, 0.25) is 0 Å². The van der Waals surface area contributed by atoms with Crippen LogP contribution in [-0.2, 0) is 0 Å². The van der Waals surface area contributed by atoms with Gasteiger partial charge in [0.25, 0.3) is 0 Å². The molecule has 1 saturated carbocycles. The van der Waals surface area contributed by atoms with Crippen molar-refractivity contribution in [1.82, 2.24) is 9.97 Å². The van der Waals surface area contributed by atoms with E-state index in [-0.39, 0.29) is 0 Å². The Labute approximate surface area is 106 Å². The van der Waals surface area contributed by atoms with Gasteiger partial charge in [-0.25, -0.2) is 9.97 Å². The van der Waals surface area contributed by atoms with Crippen LogP contribution in [0, 0.1) is 5.92 Å². The Morgan fingerprint density at radius 1 is 1.11 bits per heavy atom. The molecule has 2 N–H and O–H groups in total. The number of para-hydroxylation sites is 2. The number of anilines is 2. The molecule has 2 fully saturated rings. The van der Waals surface area contributed by atoms with E-state index in [4.69, 9.17) is 10.7 Å². The van der Waals surface area contributed by atoms with Gasteiger partial charge in [-0.3, -0.25) is 0 Å². The number of nitrogens with zero attached hydrogens (tertiary/aromatic N) is 3. The van der Waals surface area contributed by atoms with E-state index >= 15 is 0 Å². The molecule has 0 spiro atoms. The van der Waals surface area contributed by atoms with E-state index in [1.807, 2.05) is 24.3 Å². The molecule has 2 unspecified atom stereocenters. The molecule has 0 radical (unpaired) electrons. The maximum Gasteiger partial charge on any atom is 0.172 e. The molecule has 2 bridgehead atoms. The molecule has 92 valence electrons. The molecule has 1 aliphatic heterocycles. The highest BCUT2D eigenvalue weighted by atomic mass is 15.3. The number of rotatable bonds is 1. The van der Waals surface area contributed by atoms with E-state index in [9.17, 15) is 0 Å². The number of hydrogen-bond acceptors (Lipinski definition) is 4. The molecule has 2 aliphatic rings. The van der Waals surface area contributed by atoms with Crippen LogP contribution in [0.25, 0.3) is 11.0 Å². The minimum Gasteiger partial charge on any atom is -0.381 e. The van der Waals surface area contributed by atoms with Crippen LogP contribution in [0.5, 0.6) is 0 Å². The third kappa shape index (κ3) is 1.38. The molecule has 4 heteroatoms. The van der Waals surface area contributed by atoms with Crippen molar-refractivity contribution in [2.75, 3.05) is 17.2 Å². The quantitative estimate of drug-likeness (QED) is 0.830. The summed E-state index contributed by atoms with van der Waals surface area (Å²) in [5.41, 5.74) is 7.90. The van der Waals surface area contributed by atoms with Crippen molar-refractivity contribution >= 4 is 22.7 Å². The summed E-state index contributed by atoms with van der Waals surface area (Å²) in [6.45, 7) is 1.10. The van der Waals surface area contributed by atoms with E-state index in [1.165, 1.54) is 19.3 Å². The second kappa shape index (κ2) is 3.57. The molecule has 4 rings (SSSR count). The molecule has 1 aromatic heterocycles. The Bertz CT molecular complexity index is 610. The van der Waals surface area contributed by atoms with Gasteiger partial charge in [-0.2, -0.15) is 0 Å². The highest BCUT2D eigenvalue weighted by molar-refractivity contribution is 5.80. The Morgan fingerprint density at radius 2 is 1.89 bits per heavy atom. The minimum absolute atomic E-state index is 0.571. The standard InChI is InChI=1S/C14H16N4/c15-13-14(18-8-9-5-6-10(18)7-9)17-12-4-2-1-3-11(12)16-13/h1-4,9-10H,5-8H2,(H2,15,16). The first kappa shape index (κ1) is 10.1. The Morgan fingerprint density at radius 3 is 2.56 bits per heavy atom. The number of benzene rings is 1. The second-order valence-electron chi connectivity index (χ2n) is 5.41. The molecular weight excluding hydrogens is 224 g/mol. The summed E-state index contributed by atoms with van der Waals surface area (Å²) in [6.07, 6.45) is 3.94. The number of nitrogen functional groups attached to an aromatic ring is 1. The molecule has 1 aliphatic carbocycles. The molecule has 2 atom stereocenters. The topological polar surface area (TPSA) is 55.0 Å². The molecule has 1 aromatic carbocycles. The fraction of sp³-hybridized carbons (Fsp3) is 0.429. The Kier molecular flexibility index (Phi) is 2.01. The molecule has 2 heterocycles. The summed E-state index contributed by atoms with van der Waals surface area (Å²) < 4.78 is 0. The molecule has 4 nitrogen and oxygen atoms in total. The zero-order valence-electron chi connectivity index (χ0n) is 10.2. The predicted octanol–water partition coefficient (Wildman–Crippen LogP) is 2.20. The van der Waals surface area contributed by atoms with Crippen LogP contribution >= 0.6 is 0 Å². The van der Waals surface area contributed by atoms with Crippen molar-refractivity contribution < 1.29 is 0 Å². The van der Waals surface area contributed by atoms with Gasteiger partial charge in [0.05, 0.1) is 11.0 Å². The van der Waals surface area contributed by atoms with Gasteiger partial charge in [0.2, 0.25) is 0 Å². The van der Waals surface area contributed by atoms with Gasteiger partial charge < -0.3 is 10.6 Å². The number of hydrogen-bond donors (Lipinski definition) is 1. The Hall–Kier alpha value is -1.84. The summed E-state index contributed by atoms with van der Waals surface area (Å²) in [5.74, 6) is 2.30. The Balaban J connectivity index is 1.82. The SMILES string of the molecule is Nc1nc2ccccc2nc1N1CC2CCC1C2. The fourth-order valence-corrected chi connectivity index (χ4v) is 3.40. The molecule has 1 saturated heterocycles. The fourth-order valence-electron chi connectivity index (χ4n) is 3.40. The second-order valence-corrected chi connectivity index (χ2v) is 5.41. The molecule has 18 heavy (non-hydrogen) atoms. The van der Waals surface area contributed by atoms with Crippen LogP contribution < -0.4 is 10.6 Å². The number of aromatic nitrogens is 2. The number of fused-ring (bicyclic) bond motifs is 3. The summed E-state index contributed by atoms with van der Waals surface area (Å²) in [6, 6.07) is 8.55. The van der Waals surface area contributed by atoms with Gasteiger partial charge in [0, 0.05) is 12.6 Å². The van der Waals surface area contributed by atoms with Gasteiger partial charge >= 0.3 is 0 Å². The van der Waals surface area contributed by atoms with Crippen molar-refractivity contribution in [2.24, 2.45) is 5.92 Å². The van der Waals surface area contributed by atoms with Gasteiger partial charge in [-0.05, 0) is 37.3 Å². The van der Waals surface area contributed by atoms with Crippen LogP contribution in [-0.4, -0.2) is 22.6 Å². The highest BCUT2D eigenvalue weighted by Crippen LogP contribution is 2.41. The first-order valence-corrected chi connectivity index (χ1v) is 6.60. The maximum absolute atomic E-state index is 6.08. The van der Waals surface area contributed by atoms with E-state index in [2.05, 4.69) is 9.88 Å². The van der Waals surface area contributed by atoms with Crippen molar-refractivity contribution in [3.63, 3.8) is 0 Å². The third-order valence-corrected chi connectivity index (χ3v) is 4.26. The maximum atomic E-state index is 6.08. The average molecular weight is 240 g/mol. The number of piperidine rings is 1. The first-order chi connectivity index (χ1) is 8.81. The van der Waals surface area contributed by atoms with Crippen LogP contribution in [0.3, 0.4) is 0 Å². The van der Waals surface area contributed by atoms with Crippen molar-refractivity contribution in [3.8, 4) is 0 Å². The van der Waals surface area contributed by atoms with E-state index in [1.54, 1.807) is 0 Å². The van der Waals surface area contributed by atoms with E-state index in [0.29, 0.717) is 11.9 Å². The molecular formula is C14H16N4. The lowest BCUT2D eigenvalue weighted by Gasteiger charge is -2.28. The van der Waals surface area contributed by atoms with Crippen LogP contribution in [0.4, 0.5) is 11.6 Å². The monoisotopic (exact) mass is 240 g/mol. The largest absolute Gasteiger partial charge is 0.381 e. The first-order valence-electron chi connectivity index (χ1n) is 6.60. The smallest absolute Gasteiger partial charge is 0.172 e. The van der Waals surface area contributed by atoms with Gasteiger partial charge in [0.1, 0.15) is 0 Å². The van der Waals surface area contributed by atoms with Gasteiger partial charge in [0.15, 0.2) is 11.6 Å². The zero-order chi connectivity index (χ0) is 12.1. The van der Waals surface area contributed by atoms with Gasteiger partial charge in [-0.15, -0.1) is 0 Å². The van der Waals surface area contributed by atoms with E-state index in [0.717, 1.165) is 29.3 Å². The third-order valence-electron chi connectivity index (χ3n) is 4.26. The highest BCUT2D eigenvalue weighted by Gasteiger charge is 2.39. The average Bonchev–Trinajstić information content (AvgIpc) is 3.00. The summed E-state index contributed by atoms with van der Waals surface area (Å²) >= 11 is 0. The summed E-state index contributed by atoms with van der Waals surface area (Å²) in [5, 5.41) is 0. The van der Waals surface area contributed by atoms with Crippen LogP contribution in [0.1, 0.15) is 19.3 Å². The van der Waals surface area contributed by atoms with Crippen molar-refractivity contribution in [3.05, 3.63) is 24.3 Å². The molecule has 2 aromatic rings. The lowest BCUT2D eigenvalue weighted by Crippen LogP contribution is -2.33. The number of nitrogens with two attached hydrogens (primary N) is 1. The van der Waals surface area contributed by atoms with Crippen LogP contribution in [0.15, 0.2) is 24.3 Å². The predicted molar refractivity (Wildman–Crippen MR) is 72.4 cm³/mol. The van der Waals surface area contributed by atoms with Gasteiger partial charge in [-0.1, -0.05) is 12.1 Å².